The molecule has 2 N–H and O–H groups in total. The third-order valence-corrected chi connectivity index (χ3v) is 6.02. The molecule has 1 unspecified atom stereocenters. The molecule has 1 aromatic carbocycles. The van der Waals surface area contributed by atoms with E-state index in [2.05, 4.69) is 19.2 Å². The lowest BCUT2D eigenvalue weighted by atomic mass is 10.0. The lowest BCUT2D eigenvalue weighted by Crippen LogP contribution is -2.46. The Bertz CT molecular complexity index is 714. The largest absolute Gasteiger partial charge is 0.480 e. The van der Waals surface area contributed by atoms with E-state index in [0.717, 1.165) is 22.7 Å². The Balaban J connectivity index is 3.02. The molecule has 0 fully saturated rings. The maximum Gasteiger partial charge on any atom is 0.321 e. The van der Waals surface area contributed by atoms with Gasteiger partial charge in [-0.2, -0.15) is 4.31 Å². The fourth-order valence-corrected chi connectivity index (χ4v) is 4.00. The summed E-state index contributed by atoms with van der Waals surface area (Å²) in [5.41, 5.74) is 1.04. The van der Waals surface area contributed by atoms with Gasteiger partial charge in [-0.3, -0.25) is 9.59 Å². The normalized spacial score (nSPS) is 13.0. The van der Waals surface area contributed by atoms with Gasteiger partial charge in [0, 0.05) is 20.0 Å². The molecule has 8 heteroatoms. The van der Waals surface area contributed by atoms with Gasteiger partial charge in [0.1, 0.15) is 6.04 Å². The first kappa shape index (κ1) is 22.1. The number of benzene rings is 1. The number of rotatable bonds is 10. The Morgan fingerprint density at radius 2 is 1.73 bits per heavy atom. The number of hydrogen-bond donors (Lipinski definition) is 2. The summed E-state index contributed by atoms with van der Waals surface area (Å²) in [7, 11) is -3.99. The summed E-state index contributed by atoms with van der Waals surface area (Å²) < 4.78 is 26.7. The average molecular weight is 384 g/mol. The van der Waals surface area contributed by atoms with Crippen LogP contribution in [0.1, 0.15) is 39.7 Å². The smallest absolute Gasteiger partial charge is 0.321 e. The molecule has 0 spiro atoms. The van der Waals surface area contributed by atoms with Crippen LogP contribution in [-0.2, 0) is 26.0 Å². The summed E-state index contributed by atoms with van der Waals surface area (Å²) in [5, 5.41) is 11.7. The zero-order chi connectivity index (χ0) is 19.9. The van der Waals surface area contributed by atoms with Crippen LogP contribution in [0.2, 0.25) is 0 Å². The topological polar surface area (TPSA) is 104 Å². The van der Waals surface area contributed by atoms with Gasteiger partial charge in [-0.25, -0.2) is 8.42 Å². The van der Waals surface area contributed by atoms with Crippen molar-refractivity contribution >= 4 is 21.9 Å². The van der Waals surface area contributed by atoms with Gasteiger partial charge >= 0.3 is 5.97 Å². The molecule has 7 nitrogen and oxygen atoms in total. The van der Waals surface area contributed by atoms with Gasteiger partial charge in [0.25, 0.3) is 0 Å². The number of aryl methyl sites for hydroxylation is 1. The molecule has 0 bridgehead atoms. The molecule has 0 aliphatic carbocycles. The Kier molecular flexibility index (Phi) is 8.23. The van der Waals surface area contributed by atoms with E-state index >= 15 is 0 Å². The third-order valence-electron chi connectivity index (χ3n) is 4.04. The summed E-state index contributed by atoms with van der Waals surface area (Å²) in [6.07, 6.45) is 1.86. The molecule has 0 aliphatic heterocycles. The van der Waals surface area contributed by atoms with Crippen molar-refractivity contribution < 1.29 is 23.1 Å². The molecule has 1 amide bonds. The van der Waals surface area contributed by atoms with E-state index in [1.165, 1.54) is 26.0 Å². The Hall–Kier alpha value is -1.93. The van der Waals surface area contributed by atoms with Crippen molar-refractivity contribution in [3.8, 4) is 0 Å². The number of amides is 1. The molecule has 146 valence electrons. The van der Waals surface area contributed by atoms with Crippen molar-refractivity contribution in [1.82, 2.24) is 9.62 Å². The Labute approximate surface area is 155 Å². The molecule has 0 heterocycles. The van der Waals surface area contributed by atoms with Crippen LogP contribution >= 0.6 is 0 Å². The zero-order valence-corrected chi connectivity index (χ0v) is 16.5. The minimum atomic E-state index is -3.99. The minimum absolute atomic E-state index is 0.0403. The number of nitrogens with zero attached hydrogens (tertiary/aromatic N) is 1. The zero-order valence-electron chi connectivity index (χ0n) is 15.7. The predicted molar refractivity (Wildman–Crippen MR) is 99.3 cm³/mol. The van der Waals surface area contributed by atoms with Gasteiger partial charge in [-0.15, -0.1) is 0 Å². The molecule has 0 radical (unpaired) electrons. The minimum Gasteiger partial charge on any atom is -0.480 e. The van der Waals surface area contributed by atoms with Crippen molar-refractivity contribution in [1.29, 1.82) is 0 Å². The highest BCUT2D eigenvalue weighted by molar-refractivity contribution is 7.89. The van der Waals surface area contributed by atoms with Crippen molar-refractivity contribution in [3.05, 3.63) is 29.8 Å². The Morgan fingerprint density at radius 3 is 2.19 bits per heavy atom. The summed E-state index contributed by atoms with van der Waals surface area (Å²) in [5.74, 6) is -0.996. The second-order valence-electron chi connectivity index (χ2n) is 6.69. The monoisotopic (exact) mass is 384 g/mol. The molecule has 0 aliphatic rings. The lowest BCUT2D eigenvalue weighted by Gasteiger charge is -2.26. The van der Waals surface area contributed by atoms with Gasteiger partial charge < -0.3 is 10.4 Å². The van der Waals surface area contributed by atoms with Crippen molar-refractivity contribution in [3.63, 3.8) is 0 Å². The summed E-state index contributed by atoms with van der Waals surface area (Å²) in [6, 6.07) is 5.28. The third kappa shape index (κ3) is 6.42. The molecule has 0 aromatic heterocycles. The number of aliphatic carboxylic acids is 1. The van der Waals surface area contributed by atoms with E-state index < -0.39 is 22.0 Å². The maximum atomic E-state index is 12.9. The number of carboxylic acids is 1. The fourth-order valence-electron chi connectivity index (χ4n) is 2.41. The summed E-state index contributed by atoms with van der Waals surface area (Å²) >= 11 is 0. The van der Waals surface area contributed by atoms with E-state index in [1.807, 2.05) is 0 Å². The van der Waals surface area contributed by atoms with Crippen molar-refractivity contribution in [2.75, 3.05) is 13.1 Å². The molecule has 1 rings (SSSR count). The second-order valence-corrected chi connectivity index (χ2v) is 8.58. The quantitative estimate of drug-likeness (QED) is 0.641. The first-order valence-corrected chi connectivity index (χ1v) is 10.1. The summed E-state index contributed by atoms with van der Waals surface area (Å²) in [4.78, 5) is 22.4. The molecular weight excluding hydrogens is 356 g/mol. The number of carbonyl (C=O) groups is 2. The van der Waals surface area contributed by atoms with Gasteiger partial charge in [-0.1, -0.05) is 26.0 Å². The SMILES string of the molecule is CC(=O)NCCN(C(C)C(=O)O)S(=O)(=O)c1ccc(CCC(C)C)cc1. The number of carboxylic acid groups (broad SMARTS) is 1. The number of hydrogen-bond acceptors (Lipinski definition) is 4. The fraction of sp³-hybridized carbons (Fsp3) is 0.556. The number of nitrogens with one attached hydrogen (secondary N) is 1. The molecular formula is C18H28N2O5S. The number of sulfonamides is 1. The van der Waals surface area contributed by atoms with Crippen LogP contribution in [0.25, 0.3) is 0 Å². The van der Waals surface area contributed by atoms with E-state index in [-0.39, 0.29) is 23.9 Å². The lowest BCUT2D eigenvalue weighted by molar-refractivity contribution is -0.140. The van der Waals surface area contributed by atoms with Crippen LogP contribution in [0.4, 0.5) is 0 Å². The highest BCUT2D eigenvalue weighted by Gasteiger charge is 2.32. The van der Waals surface area contributed by atoms with E-state index in [4.69, 9.17) is 0 Å². The van der Waals surface area contributed by atoms with Crippen LogP contribution in [0.3, 0.4) is 0 Å². The molecule has 0 saturated heterocycles. The van der Waals surface area contributed by atoms with Gasteiger partial charge in [0.2, 0.25) is 15.9 Å². The van der Waals surface area contributed by atoms with E-state index in [9.17, 15) is 23.1 Å². The standard InChI is InChI=1S/C18H28N2O5S/c1-13(2)5-6-16-7-9-17(10-8-16)26(24,25)20(14(3)18(22)23)12-11-19-15(4)21/h7-10,13-14H,5-6,11-12H2,1-4H3,(H,19,21)(H,22,23). The van der Waals surface area contributed by atoms with E-state index in [1.54, 1.807) is 12.1 Å². The van der Waals surface area contributed by atoms with Crippen LogP contribution in [0.5, 0.6) is 0 Å². The predicted octanol–water partition coefficient (Wildman–Crippen LogP) is 1.88. The van der Waals surface area contributed by atoms with Crippen LogP contribution in [0, 0.1) is 5.92 Å². The van der Waals surface area contributed by atoms with Gasteiger partial charge in [0.05, 0.1) is 4.90 Å². The Morgan fingerprint density at radius 1 is 1.15 bits per heavy atom. The molecule has 1 aromatic rings. The van der Waals surface area contributed by atoms with Gasteiger partial charge in [-0.05, 0) is 43.4 Å². The van der Waals surface area contributed by atoms with Crippen LogP contribution < -0.4 is 5.32 Å². The average Bonchev–Trinajstić information content (AvgIpc) is 2.56. The van der Waals surface area contributed by atoms with Crippen molar-refractivity contribution in [2.45, 2.75) is 51.5 Å². The summed E-state index contributed by atoms with van der Waals surface area (Å²) in [6.45, 7) is 6.79. The van der Waals surface area contributed by atoms with Crippen LogP contribution in [-0.4, -0.2) is 48.8 Å². The van der Waals surface area contributed by atoms with Crippen LogP contribution in [0.15, 0.2) is 29.2 Å². The molecule has 1 atom stereocenters. The highest BCUT2D eigenvalue weighted by atomic mass is 32.2. The maximum absolute atomic E-state index is 12.9. The van der Waals surface area contributed by atoms with E-state index in [0.29, 0.717) is 5.92 Å². The molecule has 26 heavy (non-hydrogen) atoms. The van der Waals surface area contributed by atoms with Gasteiger partial charge in [0.15, 0.2) is 0 Å². The first-order valence-electron chi connectivity index (χ1n) is 8.63. The second kappa shape index (κ2) is 9.68. The first-order chi connectivity index (χ1) is 12.1. The van der Waals surface area contributed by atoms with Crippen molar-refractivity contribution in [2.24, 2.45) is 5.92 Å². The number of carbonyl (C=O) groups excluding carboxylic acids is 1. The molecule has 0 saturated carbocycles. The highest BCUT2D eigenvalue weighted by Crippen LogP contribution is 2.20.